The van der Waals surface area contributed by atoms with Crippen molar-refractivity contribution in [3.05, 3.63) is 0 Å². The molecule has 1 aliphatic heterocycles. The van der Waals surface area contributed by atoms with Crippen LogP contribution in [0.15, 0.2) is 0 Å². The van der Waals surface area contributed by atoms with Crippen molar-refractivity contribution >= 4 is 0 Å². The highest BCUT2D eigenvalue weighted by Gasteiger charge is 2.10. The van der Waals surface area contributed by atoms with E-state index in [4.69, 9.17) is 9.57 Å². The molecule has 11 heavy (non-hydrogen) atoms. The van der Waals surface area contributed by atoms with Crippen molar-refractivity contribution in [3.63, 3.8) is 0 Å². The number of hydrogen-bond acceptors (Lipinski definition) is 3. The van der Waals surface area contributed by atoms with Gasteiger partial charge < -0.3 is 9.57 Å². The van der Waals surface area contributed by atoms with Gasteiger partial charge in [-0.15, -0.1) is 0 Å². The predicted octanol–water partition coefficient (Wildman–Crippen LogP) is 1.05. The van der Waals surface area contributed by atoms with Gasteiger partial charge in [0.15, 0.2) is 0 Å². The summed E-state index contributed by atoms with van der Waals surface area (Å²) in [6.07, 6.45) is 2.51. The molecule has 0 saturated carbocycles. The fraction of sp³-hybridized carbons (Fsp3) is 1.00. The van der Waals surface area contributed by atoms with E-state index in [0.717, 1.165) is 32.5 Å². The molecule has 1 rings (SSSR count). The molecule has 3 heteroatoms. The smallest absolute Gasteiger partial charge is 0.0575 e. The van der Waals surface area contributed by atoms with Crippen molar-refractivity contribution in [1.29, 1.82) is 0 Å². The minimum atomic E-state index is 0.382. The van der Waals surface area contributed by atoms with Gasteiger partial charge in [0.2, 0.25) is 0 Å². The van der Waals surface area contributed by atoms with Crippen molar-refractivity contribution in [3.8, 4) is 0 Å². The zero-order chi connectivity index (χ0) is 8.10. The summed E-state index contributed by atoms with van der Waals surface area (Å²) >= 11 is 0. The van der Waals surface area contributed by atoms with Gasteiger partial charge >= 0.3 is 0 Å². The number of nitrogens with zero attached hydrogens (tertiary/aromatic N) is 1. The SMILES string of the molecule is CON1CCCOC(C)CC1. The first-order valence-corrected chi connectivity index (χ1v) is 4.23. The molecule has 0 radical (unpaired) electrons. The van der Waals surface area contributed by atoms with Gasteiger partial charge in [-0.05, 0) is 19.8 Å². The van der Waals surface area contributed by atoms with E-state index in [2.05, 4.69) is 6.92 Å². The molecule has 1 heterocycles. The lowest BCUT2D eigenvalue weighted by Crippen LogP contribution is -2.31. The summed E-state index contributed by atoms with van der Waals surface area (Å²) in [5, 5.41) is 2.00. The van der Waals surface area contributed by atoms with Crippen molar-refractivity contribution in [1.82, 2.24) is 5.06 Å². The maximum Gasteiger partial charge on any atom is 0.0575 e. The zero-order valence-electron chi connectivity index (χ0n) is 7.38. The normalized spacial score (nSPS) is 29.5. The molecule has 1 unspecified atom stereocenters. The molecule has 0 bridgehead atoms. The Balaban J connectivity index is 2.25. The molecule has 0 amide bonds. The maximum atomic E-state index is 5.49. The van der Waals surface area contributed by atoms with Crippen molar-refractivity contribution < 1.29 is 9.57 Å². The summed E-state index contributed by atoms with van der Waals surface area (Å²) in [4.78, 5) is 5.15. The standard InChI is InChI=1S/C8H17NO2/c1-8-4-6-9(10-2)5-3-7-11-8/h8H,3-7H2,1-2H3. The van der Waals surface area contributed by atoms with Gasteiger partial charge in [0.05, 0.1) is 13.2 Å². The molecule has 1 saturated heterocycles. The Kier molecular flexibility index (Phi) is 3.83. The van der Waals surface area contributed by atoms with Gasteiger partial charge in [-0.2, -0.15) is 5.06 Å². The number of hydrogen-bond donors (Lipinski definition) is 0. The second-order valence-electron chi connectivity index (χ2n) is 2.94. The van der Waals surface area contributed by atoms with E-state index in [0.29, 0.717) is 6.10 Å². The Labute approximate surface area is 68.2 Å². The van der Waals surface area contributed by atoms with Crippen LogP contribution in [0.25, 0.3) is 0 Å². The van der Waals surface area contributed by atoms with E-state index >= 15 is 0 Å². The highest BCUT2D eigenvalue weighted by molar-refractivity contribution is 4.58. The molecular weight excluding hydrogens is 142 g/mol. The highest BCUT2D eigenvalue weighted by atomic mass is 16.7. The maximum absolute atomic E-state index is 5.49. The lowest BCUT2D eigenvalue weighted by atomic mass is 10.2. The average Bonchev–Trinajstić information content (AvgIpc) is 1.98. The molecule has 0 aromatic carbocycles. The average molecular weight is 159 g/mol. The van der Waals surface area contributed by atoms with Crippen LogP contribution in [-0.4, -0.2) is 38.0 Å². The van der Waals surface area contributed by atoms with Gasteiger partial charge in [0.1, 0.15) is 0 Å². The Morgan fingerprint density at radius 3 is 3.00 bits per heavy atom. The molecule has 0 aromatic rings. The number of rotatable bonds is 1. The lowest BCUT2D eigenvalue weighted by Gasteiger charge is -2.24. The third kappa shape index (κ3) is 3.18. The molecular formula is C8H17NO2. The van der Waals surface area contributed by atoms with Crippen molar-refractivity contribution in [2.75, 3.05) is 26.8 Å². The highest BCUT2D eigenvalue weighted by Crippen LogP contribution is 2.05. The lowest BCUT2D eigenvalue weighted by molar-refractivity contribution is -0.148. The number of hydroxylamine groups is 2. The molecule has 1 fully saturated rings. The van der Waals surface area contributed by atoms with Gasteiger partial charge in [-0.1, -0.05) is 0 Å². The Morgan fingerprint density at radius 2 is 2.27 bits per heavy atom. The first kappa shape index (κ1) is 8.97. The quantitative estimate of drug-likeness (QED) is 0.571. The van der Waals surface area contributed by atoms with E-state index in [1.807, 2.05) is 5.06 Å². The molecule has 0 aliphatic carbocycles. The van der Waals surface area contributed by atoms with Crippen LogP contribution in [0.2, 0.25) is 0 Å². The summed E-state index contributed by atoms with van der Waals surface area (Å²) in [6.45, 7) is 4.95. The van der Waals surface area contributed by atoms with Gasteiger partial charge in [0.25, 0.3) is 0 Å². The van der Waals surface area contributed by atoms with Crippen LogP contribution in [0.4, 0.5) is 0 Å². The summed E-state index contributed by atoms with van der Waals surface area (Å²) in [6, 6.07) is 0. The molecule has 0 N–H and O–H groups in total. The number of ether oxygens (including phenoxy) is 1. The fourth-order valence-corrected chi connectivity index (χ4v) is 1.23. The van der Waals surface area contributed by atoms with Gasteiger partial charge in [-0.25, -0.2) is 0 Å². The van der Waals surface area contributed by atoms with Crippen LogP contribution >= 0.6 is 0 Å². The van der Waals surface area contributed by atoms with E-state index in [1.54, 1.807) is 7.11 Å². The summed E-state index contributed by atoms with van der Waals surface area (Å²) in [5.41, 5.74) is 0. The van der Waals surface area contributed by atoms with Crippen molar-refractivity contribution in [2.45, 2.75) is 25.9 Å². The minimum absolute atomic E-state index is 0.382. The molecule has 3 nitrogen and oxygen atoms in total. The predicted molar refractivity (Wildman–Crippen MR) is 43.2 cm³/mol. The van der Waals surface area contributed by atoms with E-state index in [1.165, 1.54) is 0 Å². The van der Waals surface area contributed by atoms with Crippen molar-refractivity contribution in [2.24, 2.45) is 0 Å². The van der Waals surface area contributed by atoms with E-state index < -0.39 is 0 Å². The Morgan fingerprint density at radius 1 is 1.45 bits per heavy atom. The monoisotopic (exact) mass is 159 g/mol. The molecule has 0 aromatic heterocycles. The largest absolute Gasteiger partial charge is 0.378 e. The zero-order valence-corrected chi connectivity index (χ0v) is 7.38. The van der Waals surface area contributed by atoms with Crippen LogP contribution in [-0.2, 0) is 9.57 Å². The van der Waals surface area contributed by atoms with Gasteiger partial charge in [0, 0.05) is 19.7 Å². The molecule has 0 spiro atoms. The summed E-state index contributed by atoms with van der Waals surface area (Å²) in [7, 11) is 1.73. The van der Waals surface area contributed by atoms with E-state index in [-0.39, 0.29) is 0 Å². The van der Waals surface area contributed by atoms with Crippen LogP contribution in [0, 0.1) is 0 Å². The van der Waals surface area contributed by atoms with Crippen LogP contribution < -0.4 is 0 Å². The van der Waals surface area contributed by atoms with Crippen LogP contribution in [0.3, 0.4) is 0 Å². The Hall–Kier alpha value is -0.120. The minimum Gasteiger partial charge on any atom is -0.378 e. The first-order chi connectivity index (χ1) is 5.33. The second-order valence-corrected chi connectivity index (χ2v) is 2.94. The molecule has 1 atom stereocenters. The molecule has 1 aliphatic rings. The van der Waals surface area contributed by atoms with E-state index in [9.17, 15) is 0 Å². The van der Waals surface area contributed by atoms with Crippen LogP contribution in [0.1, 0.15) is 19.8 Å². The summed E-state index contributed by atoms with van der Waals surface area (Å²) in [5.74, 6) is 0. The first-order valence-electron chi connectivity index (χ1n) is 4.23. The molecule has 66 valence electrons. The van der Waals surface area contributed by atoms with Gasteiger partial charge in [-0.3, -0.25) is 0 Å². The third-order valence-electron chi connectivity index (χ3n) is 2.00. The summed E-state index contributed by atoms with van der Waals surface area (Å²) < 4.78 is 5.49. The second kappa shape index (κ2) is 4.70. The Bertz CT molecular complexity index is 108. The fourth-order valence-electron chi connectivity index (χ4n) is 1.23. The third-order valence-corrected chi connectivity index (χ3v) is 2.00. The van der Waals surface area contributed by atoms with Crippen LogP contribution in [0.5, 0.6) is 0 Å². The topological polar surface area (TPSA) is 21.7 Å².